The summed E-state index contributed by atoms with van der Waals surface area (Å²) in [5.41, 5.74) is 9.42. The molecule has 0 spiro atoms. The van der Waals surface area contributed by atoms with Gasteiger partial charge in [0.15, 0.2) is 0 Å². The summed E-state index contributed by atoms with van der Waals surface area (Å²) in [5.74, 6) is 3.12. The molecule has 9 heteroatoms. The maximum Gasteiger partial charge on any atom is 0.225 e. The van der Waals surface area contributed by atoms with Crippen molar-refractivity contribution < 1.29 is 9.13 Å². The van der Waals surface area contributed by atoms with Crippen molar-refractivity contribution in [3.63, 3.8) is 0 Å². The third kappa shape index (κ3) is 5.16. The number of nitrogens with zero attached hydrogens (tertiary/aromatic N) is 4. The second-order valence-corrected chi connectivity index (χ2v) is 11.3. The van der Waals surface area contributed by atoms with Crippen molar-refractivity contribution in [3.8, 4) is 16.9 Å². The molecule has 42 heavy (non-hydrogen) atoms. The Hall–Kier alpha value is -4.50. The molecule has 2 aliphatic rings. The van der Waals surface area contributed by atoms with Crippen LogP contribution >= 0.6 is 0 Å². The van der Waals surface area contributed by atoms with E-state index in [4.69, 9.17) is 14.7 Å². The van der Waals surface area contributed by atoms with Gasteiger partial charge in [0.25, 0.3) is 0 Å². The van der Waals surface area contributed by atoms with Gasteiger partial charge in [0, 0.05) is 42.9 Å². The van der Waals surface area contributed by atoms with Gasteiger partial charge in [0.1, 0.15) is 29.8 Å². The number of rotatable bonds is 6. The van der Waals surface area contributed by atoms with E-state index >= 15 is 0 Å². The normalized spacial score (nSPS) is 15.2. The average molecular weight is 564 g/mol. The predicted molar refractivity (Wildman–Crippen MR) is 164 cm³/mol. The molecular weight excluding hydrogens is 529 g/mol. The summed E-state index contributed by atoms with van der Waals surface area (Å²) in [7, 11) is 0. The number of hydrogen-bond donors (Lipinski definition) is 3. The van der Waals surface area contributed by atoms with Crippen LogP contribution in [0.3, 0.4) is 0 Å². The fourth-order valence-corrected chi connectivity index (χ4v) is 5.87. The lowest BCUT2D eigenvalue weighted by atomic mass is 9.98. The number of halogens is 1. The molecule has 214 valence electrons. The van der Waals surface area contributed by atoms with Crippen LogP contribution in [-0.2, 0) is 13.0 Å². The third-order valence-corrected chi connectivity index (χ3v) is 8.16. The van der Waals surface area contributed by atoms with Crippen LogP contribution in [0.4, 0.5) is 16.2 Å². The van der Waals surface area contributed by atoms with Crippen molar-refractivity contribution in [2.45, 2.75) is 39.8 Å². The number of nitrogens with one attached hydrogen (secondary N) is 3. The Labute approximate surface area is 244 Å². The molecule has 3 aromatic carbocycles. The van der Waals surface area contributed by atoms with E-state index in [0.717, 1.165) is 80.6 Å². The lowest BCUT2D eigenvalue weighted by molar-refractivity contribution is 0.329. The highest BCUT2D eigenvalue weighted by Gasteiger charge is 2.25. The maximum atomic E-state index is 13.7. The highest BCUT2D eigenvalue weighted by atomic mass is 19.1. The van der Waals surface area contributed by atoms with Crippen molar-refractivity contribution in [2.75, 3.05) is 36.5 Å². The highest BCUT2D eigenvalue weighted by molar-refractivity contribution is 5.82. The van der Waals surface area contributed by atoms with E-state index in [2.05, 4.69) is 62.8 Å². The topological polar surface area (TPSA) is 91.0 Å². The summed E-state index contributed by atoms with van der Waals surface area (Å²) in [6.45, 7) is 9.77. The molecule has 0 amide bonds. The first kappa shape index (κ1) is 26.4. The highest BCUT2D eigenvalue weighted by Crippen LogP contribution is 2.36. The molecule has 1 saturated heterocycles. The zero-order chi connectivity index (χ0) is 28.8. The summed E-state index contributed by atoms with van der Waals surface area (Å²) in [4.78, 5) is 20.2. The predicted octanol–water partition coefficient (Wildman–Crippen LogP) is 5.46. The Morgan fingerprint density at radius 1 is 0.976 bits per heavy atom. The fourth-order valence-electron chi connectivity index (χ4n) is 5.87. The number of aromatic amines is 1. The van der Waals surface area contributed by atoms with Gasteiger partial charge >= 0.3 is 0 Å². The van der Waals surface area contributed by atoms with Crippen LogP contribution < -0.4 is 20.3 Å². The summed E-state index contributed by atoms with van der Waals surface area (Å²) in [6.07, 6.45) is 0.610. The number of fused-ring (bicyclic) bond motifs is 2. The van der Waals surface area contributed by atoms with Gasteiger partial charge in [0.2, 0.25) is 5.95 Å². The Balaban J connectivity index is 1.27. The second kappa shape index (κ2) is 10.7. The Morgan fingerprint density at radius 2 is 1.81 bits per heavy atom. The molecule has 0 radical (unpaired) electrons. The number of benzene rings is 3. The first-order chi connectivity index (χ1) is 20.4. The average Bonchev–Trinajstić information content (AvgIpc) is 3.18. The number of anilines is 2. The van der Waals surface area contributed by atoms with Gasteiger partial charge < -0.3 is 25.3 Å². The molecule has 0 saturated carbocycles. The van der Waals surface area contributed by atoms with Crippen LogP contribution in [0.15, 0.2) is 54.6 Å². The molecular formula is C33H34FN7O. The van der Waals surface area contributed by atoms with Gasteiger partial charge in [-0.1, -0.05) is 18.2 Å². The van der Waals surface area contributed by atoms with Crippen molar-refractivity contribution in [1.82, 2.24) is 25.3 Å². The van der Waals surface area contributed by atoms with Crippen molar-refractivity contribution >= 4 is 22.8 Å². The minimum Gasteiger partial charge on any atom is -0.491 e. The van der Waals surface area contributed by atoms with Crippen LogP contribution in [0.2, 0.25) is 0 Å². The molecule has 2 aromatic heterocycles. The first-order valence-corrected chi connectivity index (χ1v) is 14.5. The molecule has 1 fully saturated rings. The second-order valence-electron chi connectivity index (χ2n) is 11.3. The van der Waals surface area contributed by atoms with Crippen molar-refractivity contribution in [3.05, 3.63) is 94.2 Å². The summed E-state index contributed by atoms with van der Waals surface area (Å²) >= 11 is 0. The smallest absolute Gasteiger partial charge is 0.225 e. The standard InChI is InChI=1S/C33H34FN7O/c1-19-12-24(23-6-9-29-30(15-23)38-21(3)37-29)14-25-18-41(10-11-42-31(19)25)32-28(13-22-4-7-26(34)8-5-22)20(2)36-33(40-32)39-27-16-35-17-27/h4-9,12,14-15,27,35H,10-11,13,16-18H2,1-3H3,(H,37,38)(H,36,39,40). The number of ether oxygens (including phenoxy) is 1. The molecule has 8 nitrogen and oxygen atoms in total. The number of H-pyrrole nitrogens is 1. The number of imidazole rings is 1. The van der Waals surface area contributed by atoms with Gasteiger partial charge in [-0.15, -0.1) is 0 Å². The molecule has 5 aromatic rings. The van der Waals surface area contributed by atoms with E-state index in [-0.39, 0.29) is 5.82 Å². The van der Waals surface area contributed by atoms with Gasteiger partial charge in [-0.25, -0.2) is 14.4 Å². The molecule has 0 unspecified atom stereocenters. The van der Waals surface area contributed by atoms with E-state index in [1.54, 1.807) is 0 Å². The number of hydrogen-bond acceptors (Lipinski definition) is 7. The van der Waals surface area contributed by atoms with Crippen LogP contribution in [0.1, 0.15) is 33.8 Å². The van der Waals surface area contributed by atoms with Crippen molar-refractivity contribution in [2.24, 2.45) is 0 Å². The van der Waals surface area contributed by atoms with E-state index < -0.39 is 0 Å². The van der Waals surface area contributed by atoms with Gasteiger partial charge in [0.05, 0.1) is 23.6 Å². The summed E-state index contributed by atoms with van der Waals surface area (Å²) in [5, 5.41) is 6.78. The quantitative estimate of drug-likeness (QED) is 0.253. The van der Waals surface area contributed by atoms with Gasteiger partial charge in [-0.2, -0.15) is 4.98 Å². The van der Waals surface area contributed by atoms with Gasteiger partial charge in [-0.3, -0.25) is 0 Å². The minimum atomic E-state index is -0.241. The maximum absolute atomic E-state index is 13.7. The molecule has 7 rings (SSSR count). The monoisotopic (exact) mass is 563 g/mol. The zero-order valence-electron chi connectivity index (χ0n) is 24.1. The van der Waals surface area contributed by atoms with E-state index in [1.165, 1.54) is 12.1 Å². The first-order valence-electron chi connectivity index (χ1n) is 14.5. The zero-order valence-corrected chi connectivity index (χ0v) is 24.1. The van der Waals surface area contributed by atoms with Crippen LogP contribution in [0.25, 0.3) is 22.2 Å². The minimum absolute atomic E-state index is 0.241. The van der Waals surface area contributed by atoms with Crippen LogP contribution in [-0.4, -0.2) is 52.2 Å². The molecule has 3 N–H and O–H groups in total. The molecule has 0 aliphatic carbocycles. The lowest BCUT2D eigenvalue weighted by Crippen LogP contribution is -2.51. The van der Waals surface area contributed by atoms with E-state index in [9.17, 15) is 4.39 Å². The molecule has 2 aliphatic heterocycles. The largest absolute Gasteiger partial charge is 0.491 e. The SMILES string of the molecule is Cc1nc2cc(-c3cc(C)c4c(c3)CN(c3nc(NC5CNC5)nc(C)c3Cc3ccc(F)cc3)CCO4)ccc2[nH]1. The number of aryl methyl sites for hydroxylation is 3. The number of aromatic nitrogens is 4. The Morgan fingerprint density at radius 3 is 2.60 bits per heavy atom. The van der Waals surface area contributed by atoms with Crippen LogP contribution in [0, 0.1) is 26.6 Å². The Bertz CT molecular complexity index is 1780. The van der Waals surface area contributed by atoms with E-state index in [1.807, 2.05) is 26.0 Å². The fraction of sp³-hybridized carbons (Fsp3) is 0.303. The molecule has 4 heterocycles. The third-order valence-electron chi connectivity index (χ3n) is 8.16. The molecule has 0 bridgehead atoms. The van der Waals surface area contributed by atoms with E-state index in [0.29, 0.717) is 38.1 Å². The van der Waals surface area contributed by atoms with Crippen molar-refractivity contribution in [1.29, 1.82) is 0 Å². The molecule has 0 atom stereocenters. The van der Waals surface area contributed by atoms with Gasteiger partial charge in [-0.05, 0) is 79.4 Å². The summed E-state index contributed by atoms with van der Waals surface area (Å²) < 4.78 is 20.0. The van der Waals surface area contributed by atoms with Crippen LogP contribution in [0.5, 0.6) is 5.75 Å². The Kier molecular flexibility index (Phi) is 6.74. The lowest BCUT2D eigenvalue weighted by Gasteiger charge is -2.30. The summed E-state index contributed by atoms with van der Waals surface area (Å²) in [6, 6.07) is 17.8.